The second-order valence-corrected chi connectivity index (χ2v) is 4.53. The highest BCUT2D eigenvalue weighted by Crippen LogP contribution is 2.08. The van der Waals surface area contributed by atoms with E-state index >= 15 is 0 Å². The van der Waals surface area contributed by atoms with Crippen molar-refractivity contribution in [1.82, 2.24) is 15.3 Å². The summed E-state index contributed by atoms with van der Waals surface area (Å²) in [6.45, 7) is 2.74. The number of nitrogens with one attached hydrogen (secondary N) is 2. The first-order valence-electron chi connectivity index (χ1n) is 6.12. The third kappa shape index (κ3) is 4.30. The van der Waals surface area contributed by atoms with Gasteiger partial charge in [0.25, 0.3) is 0 Å². The lowest BCUT2D eigenvalue weighted by atomic mass is 10.3. The standard InChI is InChI=1S/C14H16N4S/c1-11-5-4-9-16-13(11)18-14(19)17-10-7-12-6-2-3-8-15-12/h2-6,8-9H,7,10H2,1H3,(H2,16,17,18,19). The molecule has 98 valence electrons. The second kappa shape index (κ2) is 6.80. The maximum absolute atomic E-state index is 5.23. The molecule has 0 fully saturated rings. The van der Waals surface area contributed by atoms with Gasteiger partial charge in [0.15, 0.2) is 5.11 Å². The summed E-state index contributed by atoms with van der Waals surface area (Å²) in [5.41, 5.74) is 2.11. The highest BCUT2D eigenvalue weighted by Gasteiger charge is 2.01. The Kier molecular flexibility index (Phi) is 4.80. The average molecular weight is 272 g/mol. The predicted molar refractivity (Wildman–Crippen MR) is 81.1 cm³/mol. The van der Waals surface area contributed by atoms with Gasteiger partial charge in [-0.2, -0.15) is 0 Å². The molecular weight excluding hydrogens is 256 g/mol. The zero-order valence-electron chi connectivity index (χ0n) is 10.8. The molecule has 0 aromatic carbocycles. The van der Waals surface area contributed by atoms with Crippen molar-refractivity contribution in [3.8, 4) is 0 Å². The van der Waals surface area contributed by atoms with Gasteiger partial charge in [-0.25, -0.2) is 4.98 Å². The van der Waals surface area contributed by atoms with Gasteiger partial charge in [-0.3, -0.25) is 4.98 Å². The van der Waals surface area contributed by atoms with E-state index in [4.69, 9.17) is 12.2 Å². The maximum atomic E-state index is 5.23. The number of aromatic nitrogens is 2. The van der Waals surface area contributed by atoms with Gasteiger partial charge in [-0.05, 0) is 42.9 Å². The number of nitrogens with zero attached hydrogens (tertiary/aromatic N) is 2. The van der Waals surface area contributed by atoms with Crippen LogP contribution in [0.4, 0.5) is 5.82 Å². The van der Waals surface area contributed by atoms with Gasteiger partial charge >= 0.3 is 0 Å². The first kappa shape index (κ1) is 13.4. The van der Waals surface area contributed by atoms with E-state index < -0.39 is 0 Å². The van der Waals surface area contributed by atoms with Crippen LogP contribution in [-0.4, -0.2) is 21.6 Å². The van der Waals surface area contributed by atoms with E-state index in [0.717, 1.165) is 30.0 Å². The van der Waals surface area contributed by atoms with Crippen LogP contribution in [-0.2, 0) is 6.42 Å². The highest BCUT2D eigenvalue weighted by molar-refractivity contribution is 7.80. The van der Waals surface area contributed by atoms with Crippen molar-refractivity contribution in [3.63, 3.8) is 0 Å². The Bertz CT molecular complexity index is 542. The highest BCUT2D eigenvalue weighted by atomic mass is 32.1. The van der Waals surface area contributed by atoms with Crippen LogP contribution in [0.15, 0.2) is 42.7 Å². The Labute approximate surface area is 118 Å². The summed E-state index contributed by atoms with van der Waals surface area (Å²) in [5.74, 6) is 0.790. The lowest BCUT2D eigenvalue weighted by molar-refractivity contribution is 0.847. The predicted octanol–water partition coefficient (Wildman–Crippen LogP) is 2.31. The molecule has 2 N–H and O–H groups in total. The molecule has 0 aliphatic carbocycles. The van der Waals surface area contributed by atoms with Gasteiger partial charge in [-0.1, -0.05) is 12.1 Å². The molecule has 2 aromatic heterocycles. The minimum Gasteiger partial charge on any atom is -0.362 e. The average Bonchev–Trinajstić information content (AvgIpc) is 2.43. The van der Waals surface area contributed by atoms with E-state index in [1.54, 1.807) is 12.4 Å². The Morgan fingerprint density at radius 2 is 2.00 bits per heavy atom. The van der Waals surface area contributed by atoms with E-state index in [2.05, 4.69) is 20.6 Å². The van der Waals surface area contributed by atoms with Crippen molar-refractivity contribution in [3.05, 3.63) is 54.0 Å². The molecule has 0 unspecified atom stereocenters. The Morgan fingerprint density at radius 3 is 2.74 bits per heavy atom. The molecule has 0 amide bonds. The molecule has 0 saturated heterocycles. The Morgan fingerprint density at radius 1 is 1.16 bits per heavy atom. The van der Waals surface area contributed by atoms with Crippen LogP contribution in [0.3, 0.4) is 0 Å². The van der Waals surface area contributed by atoms with Crippen molar-refractivity contribution in [2.45, 2.75) is 13.3 Å². The van der Waals surface area contributed by atoms with Crippen LogP contribution < -0.4 is 10.6 Å². The summed E-state index contributed by atoms with van der Waals surface area (Å²) in [4.78, 5) is 8.49. The van der Waals surface area contributed by atoms with Crippen molar-refractivity contribution < 1.29 is 0 Å². The largest absolute Gasteiger partial charge is 0.362 e. The first-order chi connectivity index (χ1) is 9.25. The van der Waals surface area contributed by atoms with E-state index in [-0.39, 0.29) is 0 Å². The topological polar surface area (TPSA) is 49.8 Å². The molecule has 5 heteroatoms. The summed E-state index contributed by atoms with van der Waals surface area (Å²) in [6, 6.07) is 9.79. The van der Waals surface area contributed by atoms with E-state index in [1.165, 1.54) is 0 Å². The zero-order valence-corrected chi connectivity index (χ0v) is 11.6. The number of aryl methyl sites for hydroxylation is 1. The van der Waals surface area contributed by atoms with Crippen LogP contribution in [0.1, 0.15) is 11.3 Å². The number of anilines is 1. The molecule has 0 radical (unpaired) electrons. The normalized spacial score (nSPS) is 9.95. The lowest BCUT2D eigenvalue weighted by Crippen LogP contribution is -2.30. The zero-order chi connectivity index (χ0) is 13.5. The van der Waals surface area contributed by atoms with Crippen molar-refractivity contribution >= 4 is 23.1 Å². The molecule has 0 aliphatic heterocycles. The summed E-state index contributed by atoms with van der Waals surface area (Å²) >= 11 is 5.23. The van der Waals surface area contributed by atoms with Crippen LogP contribution >= 0.6 is 12.2 Å². The fourth-order valence-corrected chi connectivity index (χ4v) is 1.82. The lowest BCUT2D eigenvalue weighted by Gasteiger charge is -2.11. The number of hydrogen-bond donors (Lipinski definition) is 2. The van der Waals surface area contributed by atoms with Crippen LogP contribution in [0.5, 0.6) is 0 Å². The smallest absolute Gasteiger partial charge is 0.171 e. The fourth-order valence-electron chi connectivity index (χ4n) is 1.62. The minimum absolute atomic E-state index is 0.581. The molecule has 2 heterocycles. The molecule has 2 rings (SSSR count). The molecule has 19 heavy (non-hydrogen) atoms. The molecule has 0 spiro atoms. The van der Waals surface area contributed by atoms with Crippen molar-refractivity contribution in [2.75, 3.05) is 11.9 Å². The van der Waals surface area contributed by atoms with Crippen LogP contribution in [0, 0.1) is 6.92 Å². The van der Waals surface area contributed by atoms with Gasteiger partial charge in [0.05, 0.1) is 0 Å². The Balaban J connectivity index is 1.78. The third-order valence-corrected chi connectivity index (χ3v) is 2.88. The molecule has 0 atom stereocenters. The Hall–Kier alpha value is -2.01. The van der Waals surface area contributed by atoms with Crippen molar-refractivity contribution in [1.29, 1.82) is 0 Å². The third-order valence-electron chi connectivity index (χ3n) is 2.63. The van der Waals surface area contributed by atoms with Crippen LogP contribution in [0.25, 0.3) is 0 Å². The summed E-state index contributed by atoms with van der Waals surface area (Å²) in [6.07, 6.45) is 4.37. The molecule has 2 aromatic rings. The van der Waals surface area contributed by atoms with Gasteiger partial charge in [0.2, 0.25) is 0 Å². The van der Waals surface area contributed by atoms with Crippen LogP contribution in [0.2, 0.25) is 0 Å². The maximum Gasteiger partial charge on any atom is 0.171 e. The molecule has 4 nitrogen and oxygen atoms in total. The number of pyridine rings is 2. The fraction of sp³-hybridized carbons (Fsp3) is 0.214. The van der Waals surface area contributed by atoms with Gasteiger partial charge in [-0.15, -0.1) is 0 Å². The summed E-state index contributed by atoms with van der Waals surface area (Å²) in [5, 5.41) is 6.81. The van der Waals surface area contributed by atoms with Gasteiger partial charge in [0, 0.05) is 31.1 Å². The minimum atomic E-state index is 0.581. The van der Waals surface area contributed by atoms with E-state index in [9.17, 15) is 0 Å². The van der Waals surface area contributed by atoms with E-state index in [0.29, 0.717) is 5.11 Å². The quantitative estimate of drug-likeness (QED) is 0.837. The molecular formula is C14H16N4S. The molecule has 0 aliphatic rings. The molecule has 0 saturated carbocycles. The SMILES string of the molecule is Cc1cccnc1NC(=S)NCCc1ccccn1. The van der Waals surface area contributed by atoms with E-state index in [1.807, 2.05) is 37.3 Å². The summed E-state index contributed by atoms with van der Waals surface area (Å²) < 4.78 is 0. The summed E-state index contributed by atoms with van der Waals surface area (Å²) in [7, 11) is 0. The number of hydrogen-bond acceptors (Lipinski definition) is 3. The second-order valence-electron chi connectivity index (χ2n) is 4.12. The van der Waals surface area contributed by atoms with Crippen molar-refractivity contribution in [2.24, 2.45) is 0 Å². The first-order valence-corrected chi connectivity index (χ1v) is 6.53. The molecule has 0 bridgehead atoms. The van der Waals surface area contributed by atoms with Gasteiger partial charge < -0.3 is 10.6 Å². The monoisotopic (exact) mass is 272 g/mol. The number of thiocarbonyl (C=S) groups is 1. The number of rotatable bonds is 4. The van der Waals surface area contributed by atoms with Gasteiger partial charge in [0.1, 0.15) is 5.82 Å².